The molecule has 0 bridgehead atoms. The van der Waals surface area contributed by atoms with Crippen LogP contribution >= 0.6 is 0 Å². The Morgan fingerprint density at radius 2 is 1.97 bits per heavy atom. The van der Waals surface area contributed by atoms with E-state index in [1.807, 2.05) is 26.0 Å². The molecule has 31 heavy (non-hydrogen) atoms. The number of amides is 1. The molecular formula is C23H25N3O5. The topological polar surface area (TPSA) is 103 Å². The standard InChI is InChI=1S/C23H25N3O5/c1-14-9-16(15(2)26(14)18-5-6-18)10-17(12-24)23(28)31-13-22(27)25-20-8-7-19(29-3)11-21(20)30-4/h7-11,18H,5-6,13H2,1-4H3,(H,25,27)/b17-10+. The van der Waals surface area contributed by atoms with Crippen molar-refractivity contribution >= 4 is 23.6 Å². The van der Waals surface area contributed by atoms with Gasteiger partial charge in [-0.1, -0.05) is 0 Å². The molecular weight excluding hydrogens is 398 g/mol. The zero-order chi connectivity index (χ0) is 22.5. The number of hydrogen-bond acceptors (Lipinski definition) is 6. The highest BCUT2D eigenvalue weighted by molar-refractivity contribution is 6.00. The third-order valence-corrected chi connectivity index (χ3v) is 5.09. The molecule has 0 radical (unpaired) electrons. The number of benzene rings is 1. The second-order valence-electron chi connectivity index (χ2n) is 7.29. The molecule has 2 aromatic rings. The molecule has 1 aliphatic rings. The first-order valence-electron chi connectivity index (χ1n) is 9.87. The van der Waals surface area contributed by atoms with E-state index in [-0.39, 0.29) is 5.57 Å². The lowest BCUT2D eigenvalue weighted by Crippen LogP contribution is -2.21. The minimum absolute atomic E-state index is 0.161. The van der Waals surface area contributed by atoms with E-state index in [1.165, 1.54) is 20.3 Å². The summed E-state index contributed by atoms with van der Waals surface area (Å²) in [5, 5.41) is 12.0. The summed E-state index contributed by atoms with van der Waals surface area (Å²) < 4.78 is 17.6. The van der Waals surface area contributed by atoms with Gasteiger partial charge >= 0.3 is 5.97 Å². The molecule has 8 heteroatoms. The van der Waals surface area contributed by atoms with Gasteiger partial charge in [0.2, 0.25) is 0 Å². The van der Waals surface area contributed by atoms with E-state index in [0.717, 1.165) is 29.8 Å². The zero-order valence-electron chi connectivity index (χ0n) is 18.0. The van der Waals surface area contributed by atoms with Crippen LogP contribution in [0.15, 0.2) is 29.8 Å². The smallest absolute Gasteiger partial charge is 0.349 e. The molecule has 1 aromatic carbocycles. The Hall–Kier alpha value is -3.73. The Labute approximate surface area is 181 Å². The first-order chi connectivity index (χ1) is 14.9. The van der Waals surface area contributed by atoms with Crippen molar-refractivity contribution in [1.29, 1.82) is 5.26 Å². The molecule has 0 unspecified atom stereocenters. The summed E-state index contributed by atoms with van der Waals surface area (Å²) >= 11 is 0. The molecule has 0 aliphatic heterocycles. The molecule has 8 nitrogen and oxygen atoms in total. The predicted octanol–water partition coefficient (Wildman–Crippen LogP) is 3.55. The Morgan fingerprint density at radius 1 is 1.23 bits per heavy atom. The Balaban J connectivity index is 1.64. The van der Waals surface area contributed by atoms with Gasteiger partial charge in [0.05, 0.1) is 19.9 Å². The SMILES string of the molecule is COc1ccc(NC(=O)COC(=O)/C(C#N)=C/c2cc(C)n(C3CC3)c2C)c(OC)c1. The van der Waals surface area contributed by atoms with Gasteiger partial charge in [0.25, 0.3) is 5.91 Å². The molecule has 1 amide bonds. The first kappa shape index (κ1) is 22.0. The van der Waals surface area contributed by atoms with Gasteiger partial charge in [-0.05, 0) is 56.5 Å². The molecule has 1 N–H and O–H groups in total. The number of aryl methyl sites for hydroxylation is 1. The van der Waals surface area contributed by atoms with E-state index in [0.29, 0.717) is 23.2 Å². The Kier molecular flexibility index (Phi) is 6.65. The van der Waals surface area contributed by atoms with Gasteiger partial charge in [0.1, 0.15) is 23.1 Å². The fourth-order valence-corrected chi connectivity index (χ4v) is 3.43. The van der Waals surface area contributed by atoms with Crippen LogP contribution in [0.2, 0.25) is 0 Å². The Bertz CT molecular complexity index is 1070. The van der Waals surface area contributed by atoms with E-state index in [1.54, 1.807) is 18.2 Å². The lowest BCUT2D eigenvalue weighted by atomic mass is 10.1. The Morgan fingerprint density at radius 3 is 2.58 bits per heavy atom. The van der Waals surface area contributed by atoms with Crippen molar-refractivity contribution in [2.24, 2.45) is 0 Å². The maximum Gasteiger partial charge on any atom is 0.349 e. The summed E-state index contributed by atoms with van der Waals surface area (Å²) in [7, 11) is 2.99. The molecule has 162 valence electrons. The highest BCUT2D eigenvalue weighted by Crippen LogP contribution is 2.38. The highest BCUT2D eigenvalue weighted by atomic mass is 16.5. The molecule has 1 fully saturated rings. The van der Waals surface area contributed by atoms with Gasteiger partial charge in [0, 0.05) is 23.5 Å². The van der Waals surface area contributed by atoms with Crippen molar-refractivity contribution in [2.45, 2.75) is 32.7 Å². The summed E-state index contributed by atoms with van der Waals surface area (Å²) in [6.45, 7) is 3.44. The lowest BCUT2D eigenvalue weighted by Gasteiger charge is -2.11. The van der Waals surface area contributed by atoms with Crippen LogP contribution in [0.1, 0.15) is 35.8 Å². The van der Waals surface area contributed by atoms with Gasteiger partial charge in [-0.25, -0.2) is 4.79 Å². The third kappa shape index (κ3) is 5.07. The van der Waals surface area contributed by atoms with E-state index >= 15 is 0 Å². The molecule has 1 heterocycles. The number of methoxy groups -OCH3 is 2. The van der Waals surface area contributed by atoms with E-state index in [2.05, 4.69) is 9.88 Å². The number of rotatable bonds is 8. The van der Waals surface area contributed by atoms with E-state index in [9.17, 15) is 14.9 Å². The monoisotopic (exact) mass is 423 g/mol. The average Bonchev–Trinajstić information content (AvgIpc) is 3.55. The molecule has 3 rings (SSSR count). The number of carbonyl (C=O) groups excluding carboxylic acids is 2. The van der Waals surface area contributed by atoms with Crippen LogP contribution in [0.3, 0.4) is 0 Å². The van der Waals surface area contributed by atoms with Crippen molar-refractivity contribution in [1.82, 2.24) is 4.57 Å². The normalized spacial score (nSPS) is 13.3. The maximum absolute atomic E-state index is 12.4. The average molecular weight is 423 g/mol. The lowest BCUT2D eigenvalue weighted by molar-refractivity contribution is -0.142. The molecule has 0 spiro atoms. The van der Waals surface area contributed by atoms with Crippen LogP contribution in [0, 0.1) is 25.2 Å². The van der Waals surface area contributed by atoms with Gasteiger partial charge in [0.15, 0.2) is 6.61 Å². The molecule has 0 atom stereocenters. The number of hydrogen-bond donors (Lipinski definition) is 1. The number of esters is 1. The second-order valence-corrected chi connectivity index (χ2v) is 7.29. The van der Waals surface area contributed by atoms with E-state index in [4.69, 9.17) is 14.2 Å². The predicted molar refractivity (Wildman–Crippen MR) is 115 cm³/mol. The highest BCUT2D eigenvalue weighted by Gasteiger charge is 2.27. The summed E-state index contributed by atoms with van der Waals surface area (Å²) in [5.41, 5.74) is 3.14. The van der Waals surface area contributed by atoms with Crippen molar-refractivity contribution in [3.8, 4) is 17.6 Å². The molecule has 1 aliphatic carbocycles. The minimum Gasteiger partial charge on any atom is -0.497 e. The molecule has 0 saturated heterocycles. The number of nitrogens with one attached hydrogen (secondary N) is 1. The summed E-state index contributed by atoms with van der Waals surface area (Å²) in [5.74, 6) is -0.426. The number of ether oxygens (including phenoxy) is 3. The van der Waals surface area contributed by atoms with Crippen molar-refractivity contribution in [3.63, 3.8) is 0 Å². The van der Waals surface area contributed by atoms with Gasteiger partial charge in [-0.2, -0.15) is 5.26 Å². The third-order valence-electron chi connectivity index (χ3n) is 5.09. The quantitative estimate of drug-likeness (QED) is 0.396. The number of nitrogens with zero attached hydrogens (tertiary/aromatic N) is 2. The number of nitriles is 1. The van der Waals surface area contributed by atoms with Gasteiger partial charge in [-0.3, -0.25) is 4.79 Å². The summed E-state index contributed by atoms with van der Waals surface area (Å²) in [4.78, 5) is 24.6. The van der Waals surface area contributed by atoms with Crippen LogP contribution in [0.25, 0.3) is 6.08 Å². The maximum atomic E-state index is 12.4. The largest absolute Gasteiger partial charge is 0.497 e. The van der Waals surface area contributed by atoms with Crippen molar-refractivity contribution in [3.05, 3.63) is 46.8 Å². The summed E-state index contributed by atoms with van der Waals surface area (Å²) in [6.07, 6.45) is 3.79. The molecule has 1 saturated carbocycles. The minimum atomic E-state index is -0.851. The first-order valence-corrected chi connectivity index (χ1v) is 9.87. The van der Waals surface area contributed by atoms with Crippen LogP contribution in [-0.4, -0.2) is 37.3 Å². The van der Waals surface area contributed by atoms with Crippen LogP contribution in [-0.2, 0) is 14.3 Å². The van der Waals surface area contributed by atoms with Crippen LogP contribution in [0.4, 0.5) is 5.69 Å². The van der Waals surface area contributed by atoms with Crippen molar-refractivity contribution in [2.75, 3.05) is 26.1 Å². The molecule has 1 aromatic heterocycles. The number of carbonyl (C=O) groups is 2. The fourth-order valence-electron chi connectivity index (χ4n) is 3.43. The second kappa shape index (κ2) is 9.39. The van der Waals surface area contributed by atoms with Crippen LogP contribution in [0.5, 0.6) is 11.5 Å². The zero-order valence-corrected chi connectivity index (χ0v) is 18.0. The number of anilines is 1. The van der Waals surface area contributed by atoms with Crippen LogP contribution < -0.4 is 14.8 Å². The van der Waals surface area contributed by atoms with Crippen molar-refractivity contribution < 1.29 is 23.8 Å². The van der Waals surface area contributed by atoms with Gasteiger partial charge < -0.3 is 24.1 Å². The summed E-state index contributed by atoms with van der Waals surface area (Å²) in [6, 6.07) is 9.22. The van der Waals surface area contributed by atoms with E-state index < -0.39 is 18.5 Å². The number of aromatic nitrogens is 1. The van der Waals surface area contributed by atoms with Gasteiger partial charge in [-0.15, -0.1) is 0 Å². The fraction of sp³-hybridized carbons (Fsp3) is 0.348.